The zero-order valence-electron chi connectivity index (χ0n) is 8.12. The lowest BCUT2D eigenvalue weighted by atomic mass is 10.1. The van der Waals surface area contributed by atoms with Crippen molar-refractivity contribution in [3.05, 3.63) is 41.5 Å². The highest BCUT2D eigenvalue weighted by atomic mass is 19.1. The van der Waals surface area contributed by atoms with Crippen molar-refractivity contribution < 1.29 is 9.18 Å². The van der Waals surface area contributed by atoms with Crippen LogP contribution in [0.15, 0.2) is 24.4 Å². The van der Waals surface area contributed by atoms with Crippen molar-refractivity contribution in [2.24, 2.45) is 0 Å². The quantitative estimate of drug-likeness (QED) is 0.763. The van der Waals surface area contributed by atoms with E-state index in [-0.39, 0.29) is 11.5 Å². The van der Waals surface area contributed by atoms with E-state index in [0.29, 0.717) is 17.7 Å². The summed E-state index contributed by atoms with van der Waals surface area (Å²) < 4.78 is 13.4. The van der Waals surface area contributed by atoms with Crippen molar-refractivity contribution in [3.8, 4) is 11.4 Å². The lowest BCUT2D eigenvalue weighted by molar-refractivity contribution is 0.111. The fraction of sp³-hybridized carbons (Fsp3) is 0.0909. The summed E-state index contributed by atoms with van der Waals surface area (Å²) in [6.07, 6.45) is 2.07. The van der Waals surface area contributed by atoms with Crippen molar-refractivity contribution in [1.29, 1.82) is 0 Å². The highest BCUT2D eigenvalue weighted by Crippen LogP contribution is 2.20. The predicted molar refractivity (Wildman–Crippen MR) is 54.1 cm³/mol. The Kier molecular flexibility index (Phi) is 2.33. The summed E-state index contributed by atoms with van der Waals surface area (Å²) >= 11 is 0. The number of carbonyl (C=O) groups excluding carboxylic acids is 1. The van der Waals surface area contributed by atoms with Crippen LogP contribution in [0.25, 0.3) is 11.4 Å². The van der Waals surface area contributed by atoms with E-state index < -0.39 is 0 Å². The molecule has 1 N–H and O–H groups in total. The summed E-state index contributed by atoms with van der Waals surface area (Å²) in [5, 5.41) is 0. The van der Waals surface area contributed by atoms with Gasteiger partial charge in [0.1, 0.15) is 17.3 Å². The van der Waals surface area contributed by atoms with Crippen LogP contribution in [-0.4, -0.2) is 16.3 Å². The third-order valence-electron chi connectivity index (χ3n) is 2.10. The average Bonchev–Trinajstić information content (AvgIpc) is 2.70. The minimum atomic E-state index is -0.354. The topological polar surface area (TPSA) is 45.8 Å². The molecule has 0 bridgehead atoms. The van der Waals surface area contributed by atoms with Gasteiger partial charge in [0.2, 0.25) is 0 Å². The second-order valence-electron chi connectivity index (χ2n) is 3.28. The van der Waals surface area contributed by atoms with Gasteiger partial charge in [-0.25, -0.2) is 9.37 Å². The first-order valence-corrected chi connectivity index (χ1v) is 4.48. The molecule has 1 aromatic heterocycles. The van der Waals surface area contributed by atoms with Gasteiger partial charge in [0.05, 0.1) is 5.56 Å². The van der Waals surface area contributed by atoms with Crippen LogP contribution in [-0.2, 0) is 0 Å². The number of hydrogen-bond acceptors (Lipinski definition) is 2. The van der Waals surface area contributed by atoms with Gasteiger partial charge in [-0.15, -0.1) is 0 Å². The highest BCUT2D eigenvalue weighted by Gasteiger charge is 2.08. The fourth-order valence-corrected chi connectivity index (χ4v) is 1.35. The Morgan fingerprint density at radius 1 is 1.47 bits per heavy atom. The van der Waals surface area contributed by atoms with Crippen LogP contribution < -0.4 is 0 Å². The fourth-order valence-electron chi connectivity index (χ4n) is 1.35. The molecule has 0 aliphatic carbocycles. The van der Waals surface area contributed by atoms with E-state index in [0.717, 1.165) is 5.56 Å². The van der Waals surface area contributed by atoms with E-state index in [4.69, 9.17) is 0 Å². The number of aromatic nitrogens is 2. The summed E-state index contributed by atoms with van der Waals surface area (Å²) in [5.41, 5.74) is 1.59. The van der Waals surface area contributed by atoms with E-state index in [9.17, 15) is 9.18 Å². The second-order valence-corrected chi connectivity index (χ2v) is 3.28. The van der Waals surface area contributed by atoms with E-state index in [2.05, 4.69) is 9.97 Å². The smallest absolute Gasteiger partial charge is 0.170 e. The van der Waals surface area contributed by atoms with Crippen molar-refractivity contribution in [1.82, 2.24) is 9.97 Å². The summed E-state index contributed by atoms with van der Waals surface area (Å²) in [5.74, 6) is 0.0192. The molecule has 0 saturated carbocycles. The molecule has 2 aromatic rings. The lowest BCUT2D eigenvalue weighted by Gasteiger charge is -2.00. The predicted octanol–water partition coefficient (Wildman–Crippen LogP) is 2.34. The number of hydrogen-bond donors (Lipinski definition) is 1. The first kappa shape index (κ1) is 9.58. The standard InChI is InChI=1S/C11H9FN2O/c1-7-2-3-10(12)9(4-7)11-13-5-8(6-15)14-11/h2-6H,1H3,(H,13,14). The van der Waals surface area contributed by atoms with Crippen LogP contribution in [0.2, 0.25) is 0 Å². The van der Waals surface area contributed by atoms with Crippen LogP contribution in [0.3, 0.4) is 0 Å². The second kappa shape index (κ2) is 3.65. The number of nitrogens with one attached hydrogen (secondary N) is 1. The van der Waals surface area contributed by atoms with Gasteiger partial charge in [0.15, 0.2) is 6.29 Å². The number of halogens is 1. The Morgan fingerprint density at radius 3 is 2.93 bits per heavy atom. The first-order valence-electron chi connectivity index (χ1n) is 4.48. The van der Waals surface area contributed by atoms with E-state index in [1.54, 1.807) is 12.1 Å². The number of aryl methyl sites for hydroxylation is 1. The largest absolute Gasteiger partial charge is 0.344 e. The Balaban J connectivity index is 2.52. The Hall–Kier alpha value is -1.97. The summed E-state index contributed by atoms with van der Waals surface area (Å²) in [6, 6.07) is 4.75. The van der Waals surface area contributed by atoms with Crippen molar-refractivity contribution in [3.63, 3.8) is 0 Å². The summed E-state index contributed by atoms with van der Waals surface area (Å²) in [4.78, 5) is 17.1. The van der Waals surface area contributed by atoms with Crippen LogP contribution in [0, 0.1) is 12.7 Å². The third-order valence-corrected chi connectivity index (χ3v) is 2.10. The summed E-state index contributed by atoms with van der Waals surface area (Å²) in [7, 11) is 0. The molecule has 2 rings (SSSR count). The number of nitrogens with zero attached hydrogens (tertiary/aromatic N) is 1. The minimum Gasteiger partial charge on any atom is -0.344 e. The molecule has 0 saturated heterocycles. The molecule has 3 nitrogen and oxygen atoms in total. The van der Waals surface area contributed by atoms with E-state index >= 15 is 0 Å². The molecule has 0 unspecified atom stereocenters. The van der Waals surface area contributed by atoms with Gasteiger partial charge in [-0.05, 0) is 19.1 Å². The number of aromatic amines is 1. The van der Waals surface area contributed by atoms with Crippen molar-refractivity contribution in [2.75, 3.05) is 0 Å². The zero-order valence-corrected chi connectivity index (χ0v) is 8.12. The van der Waals surface area contributed by atoms with Crippen molar-refractivity contribution in [2.45, 2.75) is 6.92 Å². The molecule has 0 amide bonds. The summed E-state index contributed by atoms with van der Waals surface area (Å²) in [6.45, 7) is 1.87. The number of rotatable bonds is 2. The molecule has 1 aromatic carbocycles. The van der Waals surface area contributed by atoms with Gasteiger partial charge in [0.25, 0.3) is 0 Å². The number of aldehydes is 1. The molecule has 4 heteroatoms. The third kappa shape index (κ3) is 1.79. The molecule has 0 radical (unpaired) electrons. The van der Waals surface area contributed by atoms with Crippen LogP contribution in [0.4, 0.5) is 4.39 Å². The molecule has 0 aliphatic rings. The highest BCUT2D eigenvalue weighted by molar-refractivity contribution is 5.73. The molecule has 76 valence electrons. The van der Waals surface area contributed by atoms with Gasteiger partial charge < -0.3 is 4.98 Å². The molecular weight excluding hydrogens is 195 g/mol. The van der Waals surface area contributed by atoms with E-state index in [1.165, 1.54) is 12.3 Å². The van der Waals surface area contributed by atoms with Gasteiger partial charge in [-0.1, -0.05) is 11.6 Å². The minimum absolute atomic E-state index is 0.269. The maximum Gasteiger partial charge on any atom is 0.170 e. The molecule has 0 aliphatic heterocycles. The molecule has 15 heavy (non-hydrogen) atoms. The van der Waals surface area contributed by atoms with Crippen molar-refractivity contribution >= 4 is 6.29 Å². The Morgan fingerprint density at radius 2 is 2.27 bits per heavy atom. The molecular formula is C11H9FN2O. The maximum absolute atomic E-state index is 13.4. The van der Waals surface area contributed by atoms with Gasteiger partial charge in [-0.2, -0.15) is 0 Å². The molecule has 0 spiro atoms. The van der Waals surface area contributed by atoms with Gasteiger partial charge in [0, 0.05) is 6.20 Å². The lowest BCUT2D eigenvalue weighted by Crippen LogP contribution is -1.88. The normalized spacial score (nSPS) is 10.3. The SMILES string of the molecule is Cc1ccc(F)c(-c2nc(C=O)c[nH]2)c1. The monoisotopic (exact) mass is 204 g/mol. The van der Waals surface area contributed by atoms with E-state index in [1.807, 2.05) is 6.92 Å². The average molecular weight is 204 g/mol. The number of carbonyl (C=O) groups is 1. The van der Waals surface area contributed by atoms with Crippen LogP contribution in [0.5, 0.6) is 0 Å². The van der Waals surface area contributed by atoms with Crippen LogP contribution in [0.1, 0.15) is 16.1 Å². The first-order chi connectivity index (χ1) is 7.20. The Bertz CT molecular complexity index is 505. The van der Waals surface area contributed by atoms with Crippen LogP contribution >= 0.6 is 0 Å². The zero-order chi connectivity index (χ0) is 10.8. The number of benzene rings is 1. The maximum atomic E-state index is 13.4. The Labute approximate surface area is 86.0 Å². The molecule has 1 heterocycles. The van der Waals surface area contributed by atoms with Gasteiger partial charge >= 0.3 is 0 Å². The number of H-pyrrole nitrogens is 1. The molecule has 0 atom stereocenters. The number of imidazole rings is 1. The molecule has 0 fully saturated rings. The van der Waals surface area contributed by atoms with Gasteiger partial charge in [-0.3, -0.25) is 4.79 Å².